The lowest BCUT2D eigenvalue weighted by molar-refractivity contribution is 0.0523. The molecule has 208 valence electrons. The Morgan fingerprint density at radius 2 is 1.56 bits per heavy atom. The van der Waals surface area contributed by atoms with E-state index in [1.54, 1.807) is 4.90 Å². The van der Waals surface area contributed by atoms with Crippen LogP contribution in [-0.4, -0.2) is 42.4 Å². The second-order valence-corrected chi connectivity index (χ2v) is 10.3. The zero-order chi connectivity index (χ0) is 28.1. The standard InChI is InChI=1S/C32H40N2O5/c1-5-19-34(31(36)38-24-25-13-8-6-9-14-25)20-12-21-37-29-22-26(23-33-30(35)39-32(2,3)4)17-18-28(29)27-15-10-7-11-16-27/h6-11,13-18,22H,5,12,19-21,23-24H2,1-4H3,(H,33,35). The molecule has 39 heavy (non-hydrogen) atoms. The maximum absolute atomic E-state index is 12.7. The molecule has 0 bridgehead atoms. The van der Waals surface area contributed by atoms with Crippen molar-refractivity contribution in [3.63, 3.8) is 0 Å². The van der Waals surface area contributed by atoms with Crippen LogP contribution in [0.25, 0.3) is 11.1 Å². The van der Waals surface area contributed by atoms with Crippen LogP contribution in [0.1, 0.15) is 51.7 Å². The molecule has 3 aromatic rings. The van der Waals surface area contributed by atoms with Gasteiger partial charge in [0, 0.05) is 25.2 Å². The van der Waals surface area contributed by atoms with Gasteiger partial charge in [-0.2, -0.15) is 0 Å². The summed E-state index contributed by atoms with van der Waals surface area (Å²) in [6.07, 6.45) is 0.703. The van der Waals surface area contributed by atoms with Crippen molar-refractivity contribution in [1.29, 1.82) is 0 Å². The van der Waals surface area contributed by atoms with Crippen LogP contribution in [0.2, 0.25) is 0 Å². The highest BCUT2D eigenvalue weighted by Crippen LogP contribution is 2.31. The zero-order valence-electron chi connectivity index (χ0n) is 23.4. The molecular formula is C32H40N2O5. The molecule has 0 aliphatic heterocycles. The summed E-state index contributed by atoms with van der Waals surface area (Å²) in [4.78, 5) is 26.5. The molecule has 0 spiro atoms. The number of carbonyl (C=O) groups excluding carboxylic acids is 2. The molecule has 0 unspecified atom stereocenters. The van der Waals surface area contributed by atoms with Gasteiger partial charge in [-0.25, -0.2) is 9.59 Å². The Labute approximate surface area is 232 Å². The molecule has 0 aliphatic carbocycles. The zero-order valence-corrected chi connectivity index (χ0v) is 23.4. The number of hydrogen-bond donors (Lipinski definition) is 1. The summed E-state index contributed by atoms with van der Waals surface area (Å²) in [6.45, 7) is 9.68. The number of nitrogens with zero attached hydrogens (tertiary/aromatic N) is 1. The van der Waals surface area contributed by atoms with E-state index in [9.17, 15) is 9.59 Å². The highest BCUT2D eigenvalue weighted by molar-refractivity contribution is 5.71. The Kier molecular flexibility index (Phi) is 11.2. The summed E-state index contributed by atoms with van der Waals surface area (Å²) in [5, 5.41) is 2.80. The minimum Gasteiger partial charge on any atom is -0.493 e. The average molecular weight is 533 g/mol. The summed E-state index contributed by atoms with van der Waals surface area (Å²) in [5.41, 5.74) is 3.29. The Morgan fingerprint density at radius 1 is 0.872 bits per heavy atom. The molecule has 3 aromatic carbocycles. The molecule has 7 heteroatoms. The molecule has 7 nitrogen and oxygen atoms in total. The summed E-state index contributed by atoms with van der Waals surface area (Å²) in [5.74, 6) is 0.721. The van der Waals surface area contributed by atoms with E-state index in [2.05, 4.69) is 5.32 Å². The molecule has 0 aliphatic rings. The van der Waals surface area contributed by atoms with Crippen LogP contribution in [0.4, 0.5) is 9.59 Å². The van der Waals surface area contributed by atoms with E-state index in [0.29, 0.717) is 32.7 Å². The Hall–Kier alpha value is -4.00. The van der Waals surface area contributed by atoms with Gasteiger partial charge in [0.05, 0.1) is 6.61 Å². The van der Waals surface area contributed by atoms with Crippen LogP contribution in [0.15, 0.2) is 78.9 Å². The number of nitrogens with one attached hydrogen (secondary N) is 1. The van der Waals surface area contributed by atoms with Gasteiger partial charge in [-0.1, -0.05) is 79.7 Å². The Bertz CT molecular complexity index is 1180. The van der Waals surface area contributed by atoms with Crippen molar-refractivity contribution in [2.45, 2.75) is 59.3 Å². The van der Waals surface area contributed by atoms with Crippen LogP contribution in [-0.2, 0) is 22.6 Å². The van der Waals surface area contributed by atoms with Crippen molar-refractivity contribution < 1.29 is 23.8 Å². The summed E-state index contributed by atoms with van der Waals surface area (Å²) in [6, 6.07) is 25.6. The number of hydrogen-bond acceptors (Lipinski definition) is 5. The van der Waals surface area contributed by atoms with Gasteiger partial charge in [-0.05, 0) is 56.4 Å². The van der Waals surface area contributed by atoms with Crippen molar-refractivity contribution in [1.82, 2.24) is 10.2 Å². The first-order valence-electron chi connectivity index (χ1n) is 13.5. The molecule has 3 rings (SSSR count). The van der Waals surface area contributed by atoms with E-state index >= 15 is 0 Å². The van der Waals surface area contributed by atoms with Crippen molar-refractivity contribution in [2.24, 2.45) is 0 Å². The average Bonchev–Trinajstić information content (AvgIpc) is 2.92. The van der Waals surface area contributed by atoms with E-state index in [1.807, 2.05) is 107 Å². The van der Waals surface area contributed by atoms with Crippen molar-refractivity contribution >= 4 is 12.2 Å². The smallest absolute Gasteiger partial charge is 0.410 e. The maximum Gasteiger partial charge on any atom is 0.410 e. The molecule has 0 saturated heterocycles. The fraction of sp³-hybridized carbons (Fsp3) is 0.375. The normalized spacial score (nSPS) is 11.0. The van der Waals surface area contributed by atoms with E-state index in [4.69, 9.17) is 14.2 Å². The van der Waals surface area contributed by atoms with E-state index in [0.717, 1.165) is 34.4 Å². The number of carbonyl (C=O) groups is 2. The molecule has 0 aromatic heterocycles. The molecule has 0 heterocycles. The SMILES string of the molecule is CCCN(CCCOc1cc(CNC(=O)OC(C)(C)C)ccc1-c1ccccc1)C(=O)OCc1ccccc1. The molecule has 0 atom stereocenters. The van der Waals surface area contributed by atoms with Crippen LogP contribution >= 0.6 is 0 Å². The molecule has 1 N–H and O–H groups in total. The monoisotopic (exact) mass is 532 g/mol. The second kappa shape index (κ2) is 14.8. The summed E-state index contributed by atoms with van der Waals surface area (Å²) < 4.78 is 17.1. The van der Waals surface area contributed by atoms with Gasteiger partial charge < -0.3 is 24.4 Å². The van der Waals surface area contributed by atoms with Crippen LogP contribution in [0.3, 0.4) is 0 Å². The van der Waals surface area contributed by atoms with Crippen LogP contribution in [0.5, 0.6) is 5.75 Å². The largest absolute Gasteiger partial charge is 0.493 e. The van der Waals surface area contributed by atoms with E-state index < -0.39 is 11.7 Å². The Balaban J connectivity index is 1.60. The second-order valence-electron chi connectivity index (χ2n) is 10.3. The third kappa shape index (κ3) is 10.3. The van der Waals surface area contributed by atoms with Crippen molar-refractivity contribution in [3.05, 3.63) is 90.0 Å². The van der Waals surface area contributed by atoms with Crippen molar-refractivity contribution in [3.8, 4) is 16.9 Å². The number of alkyl carbamates (subject to hydrolysis) is 1. The van der Waals surface area contributed by atoms with E-state index in [-0.39, 0.29) is 12.7 Å². The van der Waals surface area contributed by atoms with Crippen molar-refractivity contribution in [2.75, 3.05) is 19.7 Å². The molecule has 0 saturated carbocycles. The predicted octanol–water partition coefficient (Wildman–Crippen LogP) is 7.20. The van der Waals surface area contributed by atoms with Gasteiger partial charge in [0.25, 0.3) is 0 Å². The fourth-order valence-electron chi connectivity index (χ4n) is 3.95. The first-order valence-corrected chi connectivity index (χ1v) is 13.5. The maximum atomic E-state index is 12.7. The summed E-state index contributed by atoms with van der Waals surface area (Å²) >= 11 is 0. The minimum absolute atomic E-state index is 0.251. The molecule has 0 fully saturated rings. The van der Waals surface area contributed by atoms with Gasteiger partial charge in [0.15, 0.2) is 0 Å². The lowest BCUT2D eigenvalue weighted by Gasteiger charge is -2.22. The first-order chi connectivity index (χ1) is 18.7. The van der Waals surface area contributed by atoms with Gasteiger partial charge in [-0.15, -0.1) is 0 Å². The Morgan fingerprint density at radius 3 is 2.23 bits per heavy atom. The predicted molar refractivity (Wildman–Crippen MR) is 154 cm³/mol. The van der Waals surface area contributed by atoms with E-state index in [1.165, 1.54) is 0 Å². The topological polar surface area (TPSA) is 77.1 Å². The number of rotatable bonds is 12. The fourth-order valence-corrected chi connectivity index (χ4v) is 3.95. The van der Waals surface area contributed by atoms with Crippen LogP contribution < -0.4 is 10.1 Å². The molecular weight excluding hydrogens is 492 g/mol. The van der Waals surface area contributed by atoms with Gasteiger partial charge in [0.1, 0.15) is 18.0 Å². The number of amides is 2. The van der Waals surface area contributed by atoms with Gasteiger partial charge >= 0.3 is 12.2 Å². The third-order valence-electron chi connectivity index (χ3n) is 5.75. The molecule has 2 amide bonds. The summed E-state index contributed by atoms with van der Waals surface area (Å²) in [7, 11) is 0. The number of ether oxygens (including phenoxy) is 3. The first kappa shape index (κ1) is 29.6. The lowest BCUT2D eigenvalue weighted by Crippen LogP contribution is -2.33. The minimum atomic E-state index is -0.560. The third-order valence-corrected chi connectivity index (χ3v) is 5.75. The highest BCUT2D eigenvalue weighted by atomic mass is 16.6. The quantitative estimate of drug-likeness (QED) is 0.250. The molecule has 0 radical (unpaired) electrons. The highest BCUT2D eigenvalue weighted by Gasteiger charge is 2.17. The van der Waals surface area contributed by atoms with Crippen LogP contribution in [0, 0.1) is 0 Å². The van der Waals surface area contributed by atoms with Gasteiger partial charge in [-0.3, -0.25) is 0 Å². The van der Waals surface area contributed by atoms with Gasteiger partial charge in [0.2, 0.25) is 0 Å². The number of benzene rings is 3. The lowest BCUT2D eigenvalue weighted by atomic mass is 10.0.